The lowest BCUT2D eigenvalue weighted by molar-refractivity contribution is 0.0983. The van der Waals surface area contributed by atoms with Gasteiger partial charge in [-0.15, -0.1) is 0 Å². The lowest BCUT2D eigenvalue weighted by Crippen LogP contribution is -2.25. The van der Waals surface area contributed by atoms with Crippen molar-refractivity contribution in [1.82, 2.24) is 0 Å². The summed E-state index contributed by atoms with van der Waals surface area (Å²) in [7, 11) is 1.61. The van der Waals surface area contributed by atoms with Crippen LogP contribution in [0.15, 0.2) is 36.4 Å². The molecule has 106 valence electrons. The zero-order valence-corrected chi connectivity index (χ0v) is 13.0. The SMILES string of the molecule is COc1cc(C)cc(C)c1C(C)(O)c1ccccc1Cl. The maximum absolute atomic E-state index is 11.1. The number of benzene rings is 2. The summed E-state index contributed by atoms with van der Waals surface area (Å²) in [5, 5.41) is 11.6. The standard InChI is InChI=1S/C17H19ClO2/c1-11-9-12(2)16(15(10-11)20-4)17(3,19)13-7-5-6-8-14(13)18/h5-10,19H,1-4H3. The molecule has 0 fully saturated rings. The van der Waals surface area contributed by atoms with Gasteiger partial charge in [0.1, 0.15) is 11.4 Å². The van der Waals surface area contributed by atoms with Crippen LogP contribution >= 0.6 is 11.6 Å². The minimum Gasteiger partial charge on any atom is -0.496 e. The summed E-state index contributed by atoms with van der Waals surface area (Å²) >= 11 is 6.24. The van der Waals surface area contributed by atoms with Crippen LogP contribution in [0.5, 0.6) is 5.75 Å². The molecule has 0 spiro atoms. The highest BCUT2D eigenvalue weighted by molar-refractivity contribution is 6.31. The minimum absolute atomic E-state index is 0.541. The average Bonchev–Trinajstić information content (AvgIpc) is 2.37. The second-order valence-corrected chi connectivity index (χ2v) is 5.62. The maximum atomic E-state index is 11.1. The van der Waals surface area contributed by atoms with Gasteiger partial charge in [0, 0.05) is 16.1 Å². The maximum Gasteiger partial charge on any atom is 0.125 e. The Morgan fingerprint density at radius 1 is 1.15 bits per heavy atom. The van der Waals surface area contributed by atoms with E-state index >= 15 is 0 Å². The summed E-state index contributed by atoms with van der Waals surface area (Å²) in [6.45, 7) is 5.72. The first-order chi connectivity index (χ1) is 9.37. The van der Waals surface area contributed by atoms with Crippen molar-refractivity contribution in [1.29, 1.82) is 0 Å². The van der Waals surface area contributed by atoms with E-state index in [4.69, 9.17) is 16.3 Å². The molecular formula is C17H19ClO2. The number of rotatable bonds is 3. The van der Waals surface area contributed by atoms with E-state index in [1.165, 1.54) is 0 Å². The van der Waals surface area contributed by atoms with Gasteiger partial charge < -0.3 is 9.84 Å². The predicted octanol–water partition coefficient (Wildman–Crippen LogP) is 4.22. The number of aryl methyl sites for hydroxylation is 2. The van der Waals surface area contributed by atoms with E-state index in [1.807, 2.05) is 44.2 Å². The van der Waals surface area contributed by atoms with Gasteiger partial charge in [0.15, 0.2) is 0 Å². The van der Waals surface area contributed by atoms with E-state index in [9.17, 15) is 5.11 Å². The second-order valence-electron chi connectivity index (χ2n) is 5.21. The Kier molecular flexibility index (Phi) is 4.07. The molecule has 0 radical (unpaired) electrons. The molecule has 3 heteroatoms. The highest BCUT2D eigenvalue weighted by Crippen LogP contribution is 2.40. The summed E-state index contributed by atoms with van der Waals surface area (Å²) in [5.74, 6) is 0.674. The van der Waals surface area contributed by atoms with Crippen molar-refractivity contribution < 1.29 is 9.84 Å². The Labute approximate surface area is 125 Å². The van der Waals surface area contributed by atoms with Crippen molar-refractivity contribution in [3.8, 4) is 5.75 Å². The van der Waals surface area contributed by atoms with E-state index in [-0.39, 0.29) is 0 Å². The third kappa shape index (κ3) is 2.54. The van der Waals surface area contributed by atoms with Crippen LogP contribution in [0.4, 0.5) is 0 Å². The fourth-order valence-corrected chi connectivity index (χ4v) is 3.02. The molecule has 0 saturated carbocycles. The van der Waals surface area contributed by atoms with Gasteiger partial charge in [-0.05, 0) is 44.0 Å². The molecule has 1 unspecified atom stereocenters. The number of halogens is 1. The lowest BCUT2D eigenvalue weighted by Gasteiger charge is -2.29. The first-order valence-corrected chi connectivity index (χ1v) is 6.88. The lowest BCUT2D eigenvalue weighted by atomic mass is 9.84. The van der Waals surface area contributed by atoms with Crippen LogP contribution < -0.4 is 4.74 Å². The molecule has 0 heterocycles. The number of ether oxygens (including phenoxy) is 1. The van der Waals surface area contributed by atoms with Crippen molar-refractivity contribution >= 4 is 11.6 Å². The van der Waals surface area contributed by atoms with Gasteiger partial charge in [-0.3, -0.25) is 0 Å². The Hall–Kier alpha value is -1.51. The minimum atomic E-state index is -1.21. The monoisotopic (exact) mass is 290 g/mol. The Morgan fingerprint density at radius 3 is 2.40 bits per heavy atom. The molecular weight excluding hydrogens is 272 g/mol. The Morgan fingerprint density at radius 2 is 1.80 bits per heavy atom. The number of hydrogen-bond donors (Lipinski definition) is 1. The van der Waals surface area contributed by atoms with Crippen LogP contribution in [-0.2, 0) is 5.60 Å². The molecule has 1 atom stereocenters. The molecule has 1 N–H and O–H groups in total. The Balaban J connectivity index is 2.69. The Bertz CT molecular complexity index is 633. The van der Waals surface area contributed by atoms with Crippen molar-refractivity contribution in [2.24, 2.45) is 0 Å². The summed E-state index contributed by atoms with van der Waals surface area (Å²) < 4.78 is 5.45. The molecule has 0 bridgehead atoms. The first kappa shape index (κ1) is 14.9. The van der Waals surface area contributed by atoms with Gasteiger partial charge in [-0.1, -0.05) is 35.9 Å². The largest absolute Gasteiger partial charge is 0.496 e. The molecule has 0 aliphatic rings. The van der Waals surface area contributed by atoms with Gasteiger partial charge in [0.25, 0.3) is 0 Å². The van der Waals surface area contributed by atoms with Gasteiger partial charge in [-0.25, -0.2) is 0 Å². The van der Waals surface area contributed by atoms with Gasteiger partial charge in [-0.2, -0.15) is 0 Å². The van der Waals surface area contributed by atoms with Crippen molar-refractivity contribution in [3.05, 3.63) is 63.7 Å². The zero-order chi connectivity index (χ0) is 14.9. The molecule has 20 heavy (non-hydrogen) atoms. The van der Waals surface area contributed by atoms with E-state index < -0.39 is 5.60 Å². The van der Waals surface area contributed by atoms with E-state index in [0.29, 0.717) is 16.3 Å². The van der Waals surface area contributed by atoms with Crippen LogP contribution in [0.1, 0.15) is 29.2 Å². The summed E-state index contributed by atoms with van der Waals surface area (Å²) in [6, 6.07) is 11.3. The van der Waals surface area contributed by atoms with Crippen LogP contribution in [-0.4, -0.2) is 12.2 Å². The quantitative estimate of drug-likeness (QED) is 0.917. The van der Waals surface area contributed by atoms with Gasteiger partial charge in [0.05, 0.1) is 7.11 Å². The topological polar surface area (TPSA) is 29.5 Å². The molecule has 0 amide bonds. The average molecular weight is 291 g/mol. The number of methoxy groups -OCH3 is 1. The first-order valence-electron chi connectivity index (χ1n) is 6.51. The van der Waals surface area contributed by atoms with Crippen LogP contribution in [0.2, 0.25) is 5.02 Å². The molecule has 2 aromatic carbocycles. The second kappa shape index (κ2) is 5.47. The third-order valence-electron chi connectivity index (χ3n) is 3.55. The van der Waals surface area contributed by atoms with Gasteiger partial charge in [0.2, 0.25) is 0 Å². The molecule has 2 aromatic rings. The van der Waals surface area contributed by atoms with Crippen molar-refractivity contribution in [3.63, 3.8) is 0 Å². The zero-order valence-electron chi connectivity index (χ0n) is 12.2. The molecule has 0 aromatic heterocycles. The normalized spacial score (nSPS) is 13.9. The van der Waals surface area contributed by atoms with Crippen LogP contribution in [0, 0.1) is 13.8 Å². The number of aliphatic hydroxyl groups is 1. The van der Waals surface area contributed by atoms with Crippen molar-refractivity contribution in [2.45, 2.75) is 26.4 Å². The van der Waals surface area contributed by atoms with E-state index in [0.717, 1.165) is 16.7 Å². The fraction of sp³-hybridized carbons (Fsp3) is 0.294. The number of hydrogen-bond acceptors (Lipinski definition) is 2. The summed E-state index contributed by atoms with van der Waals surface area (Å²) in [4.78, 5) is 0. The highest BCUT2D eigenvalue weighted by Gasteiger charge is 2.32. The molecule has 2 nitrogen and oxygen atoms in total. The predicted molar refractivity (Wildman–Crippen MR) is 82.6 cm³/mol. The highest BCUT2D eigenvalue weighted by atomic mass is 35.5. The van der Waals surface area contributed by atoms with Crippen molar-refractivity contribution in [2.75, 3.05) is 7.11 Å². The molecule has 0 aliphatic carbocycles. The summed E-state index contributed by atoms with van der Waals surface area (Å²) in [6.07, 6.45) is 0. The van der Waals surface area contributed by atoms with E-state index in [1.54, 1.807) is 20.1 Å². The molecule has 2 rings (SSSR count). The van der Waals surface area contributed by atoms with Crippen LogP contribution in [0.25, 0.3) is 0 Å². The molecule has 0 saturated heterocycles. The molecule has 0 aliphatic heterocycles. The fourth-order valence-electron chi connectivity index (χ4n) is 2.70. The van der Waals surface area contributed by atoms with Gasteiger partial charge >= 0.3 is 0 Å². The van der Waals surface area contributed by atoms with E-state index in [2.05, 4.69) is 0 Å². The third-order valence-corrected chi connectivity index (χ3v) is 3.88. The smallest absolute Gasteiger partial charge is 0.125 e. The summed E-state index contributed by atoms with van der Waals surface area (Å²) in [5.41, 5.74) is 2.29. The van der Waals surface area contributed by atoms with Crippen LogP contribution in [0.3, 0.4) is 0 Å².